The molecule has 160 valence electrons. The standard InChI is InChI=1S/C25H21BrN4OS/c1-18(31)24-28-30(22-14-12-20(26)13-15-22)25(32-24)17-16-23(19-8-4-2-5-9-19)27-29(25)21-10-6-3-7-11-21/h2-15H,16-17H2,1H3/t25-/m1/s1. The lowest BCUT2D eigenvalue weighted by Gasteiger charge is -2.46. The van der Waals surface area contributed by atoms with Gasteiger partial charge in [0.15, 0.2) is 10.8 Å². The van der Waals surface area contributed by atoms with Gasteiger partial charge in [0.2, 0.25) is 4.99 Å². The number of hydrogen-bond donors (Lipinski definition) is 0. The van der Waals surface area contributed by atoms with Crippen molar-refractivity contribution in [3.63, 3.8) is 0 Å². The van der Waals surface area contributed by atoms with Gasteiger partial charge in [0.25, 0.3) is 0 Å². The third-order valence-electron chi connectivity index (χ3n) is 5.50. The van der Waals surface area contributed by atoms with Gasteiger partial charge in [-0.25, -0.2) is 10.0 Å². The number of halogens is 1. The van der Waals surface area contributed by atoms with E-state index in [0.29, 0.717) is 5.04 Å². The van der Waals surface area contributed by atoms with E-state index >= 15 is 0 Å². The Bertz CT molecular complexity index is 1200. The molecule has 5 rings (SSSR count). The third kappa shape index (κ3) is 3.76. The van der Waals surface area contributed by atoms with Gasteiger partial charge < -0.3 is 0 Å². The minimum atomic E-state index is -0.672. The molecule has 0 unspecified atom stereocenters. The van der Waals surface area contributed by atoms with Crippen LogP contribution in [0.15, 0.2) is 99.6 Å². The van der Waals surface area contributed by atoms with E-state index in [-0.39, 0.29) is 5.78 Å². The van der Waals surface area contributed by atoms with Crippen LogP contribution in [0.2, 0.25) is 0 Å². The number of thioether (sulfide) groups is 1. The number of rotatable bonds is 4. The first-order chi connectivity index (χ1) is 15.6. The monoisotopic (exact) mass is 504 g/mol. The zero-order valence-corrected chi connectivity index (χ0v) is 19.9. The number of carbonyl (C=O) groups excluding carboxylic acids is 1. The van der Waals surface area contributed by atoms with Gasteiger partial charge >= 0.3 is 0 Å². The summed E-state index contributed by atoms with van der Waals surface area (Å²) in [5, 5.41) is 14.4. The van der Waals surface area contributed by atoms with Crippen molar-refractivity contribution >= 4 is 55.6 Å². The van der Waals surface area contributed by atoms with Crippen LogP contribution in [0.1, 0.15) is 25.3 Å². The van der Waals surface area contributed by atoms with Crippen molar-refractivity contribution in [1.82, 2.24) is 0 Å². The normalized spacial score (nSPS) is 20.3. The zero-order chi connectivity index (χ0) is 22.1. The van der Waals surface area contributed by atoms with Crippen molar-refractivity contribution in [2.45, 2.75) is 24.8 Å². The fraction of sp³-hybridized carbons (Fsp3) is 0.160. The molecule has 2 heterocycles. The van der Waals surface area contributed by atoms with Gasteiger partial charge in [0.05, 0.1) is 17.1 Å². The summed E-state index contributed by atoms with van der Waals surface area (Å²) in [7, 11) is 0. The van der Waals surface area contributed by atoms with Crippen LogP contribution >= 0.6 is 27.7 Å². The molecule has 0 fully saturated rings. The molecule has 7 heteroatoms. The second-order valence-electron chi connectivity index (χ2n) is 7.65. The number of anilines is 2. The van der Waals surface area contributed by atoms with E-state index in [4.69, 9.17) is 10.2 Å². The van der Waals surface area contributed by atoms with Crippen LogP contribution in [0.3, 0.4) is 0 Å². The Morgan fingerprint density at radius 1 is 0.875 bits per heavy atom. The molecule has 0 N–H and O–H groups in total. The number of carbonyl (C=O) groups is 1. The highest BCUT2D eigenvalue weighted by molar-refractivity contribution is 9.10. The predicted octanol–water partition coefficient (Wildman–Crippen LogP) is 6.26. The molecule has 0 bridgehead atoms. The van der Waals surface area contributed by atoms with E-state index in [1.54, 1.807) is 6.92 Å². The van der Waals surface area contributed by atoms with E-state index in [0.717, 1.165) is 40.0 Å². The van der Waals surface area contributed by atoms with Gasteiger partial charge in [-0.1, -0.05) is 64.5 Å². The van der Waals surface area contributed by atoms with E-state index < -0.39 is 4.99 Å². The fourth-order valence-corrected chi connectivity index (χ4v) is 5.47. The zero-order valence-electron chi connectivity index (χ0n) is 17.5. The van der Waals surface area contributed by atoms with Crippen molar-refractivity contribution in [2.24, 2.45) is 10.2 Å². The first kappa shape index (κ1) is 21.0. The van der Waals surface area contributed by atoms with Crippen molar-refractivity contribution < 1.29 is 4.79 Å². The van der Waals surface area contributed by atoms with Crippen LogP contribution in [0.5, 0.6) is 0 Å². The van der Waals surface area contributed by atoms with E-state index in [9.17, 15) is 4.79 Å². The largest absolute Gasteiger partial charge is 0.292 e. The number of benzene rings is 3. The van der Waals surface area contributed by atoms with Gasteiger partial charge in [0, 0.05) is 17.8 Å². The van der Waals surface area contributed by atoms with Crippen LogP contribution in [-0.4, -0.2) is 21.5 Å². The van der Waals surface area contributed by atoms with E-state index in [2.05, 4.69) is 28.1 Å². The Morgan fingerprint density at radius 3 is 2.12 bits per heavy atom. The summed E-state index contributed by atoms with van der Waals surface area (Å²) in [6.07, 6.45) is 1.52. The summed E-state index contributed by atoms with van der Waals surface area (Å²) in [6, 6.07) is 28.4. The second kappa shape index (κ2) is 8.56. The first-order valence-corrected chi connectivity index (χ1v) is 12.0. The maximum Gasteiger partial charge on any atom is 0.208 e. The van der Waals surface area contributed by atoms with Crippen molar-refractivity contribution in [3.05, 3.63) is 95.0 Å². The molecule has 0 aliphatic carbocycles. The number of hydrazone groups is 2. The number of ketones is 1. The molecule has 5 nitrogen and oxygen atoms in total. The van der Waals surface area contributed by atoms with Gasteiger partial charge in [-0.15, -0.1) is 0 Å². The Labute approximate surface area is 199 Å². The lowest BCUT2D eigenvalue weighted by molar-refractivity contribution is -0.110. The number of para-hydroxylation sites is 1. The minimum absolute atomic E-state index is 0.0418. The van der Waals surface area contributed by atoms with Crippen LogP contribution in [-0.2, 0) is 4.79 Å². The molecular formula is C25H21BrN4OS. The van der Waals surface area contributed by atoms with Gasteiger partial charge in [-0.2, -0.15) is 10.2 Å². The molecule has 0 aromatic heterocycles. The molecule has 3 aromatic carbocycles. The van der Waals surface area contributed by atoms with Gasteiger partial charge in [-0.05, 0) is 60.1 Å². The average Bonchev–Trinajstić information content (AvgIpc) is 3.21. The SMILES string of the molecule is CC(=O)C1=NN(c2ccc(Br)cc2)[C@]2(CCC(c3ccccc3)=NN2c2ccccc2)S1. The molecule has 0 saturated carbocycles. The molecule has 2 aliphatic rings. The van der Waals surface area contributed by atoms with Crippen LogP contribution < -0.4 is 10.0 Å². The summed E-state index contributed by atoms with van der Waals surface area (Å²) in [5.41, 5.74) is 3.99. The molecule has 32 heavy (non-hydrogen) atoms. The number of hydrogen-bond acceptors (Lipinski definition) is 6. The molecule has 0 amide bonds. The molecule has 0 saturated heterocycles. The topological polar surface area (TPSA) is 48.3 Å². The molecule has 1 atom stereocenters. The minimum Gasteiger partial charge on any atom is -0.292 e. The summed E-state index contributed by atoms with van der Waals surface area (Å²) in [5.74, 6) is -0.0418. The first-order valence-electron chi connectivity index (χ1n) is 10.4. The second-order valence-corrected chi connectivity index (χ2v) is 9.82. The predicted molar refractivity (Wildman–Crippen MR) is 136 cm³/mol. The summed E-state index contributed by atoms with van der Waals surface area (Å²) in [4.78, 5) is 11.7. The lowest BCUT2D eigenvalue weighted by Crippen LogP contribution is -2.56. The fourth-order valence-electron chi connectivity index (χ4n) is 3.96. The molecule has 1 spiro atoms. The van der Waals surface area contributed by atoms with Crippen molar-refractivity contribution in [3.8, 4) is 0 Å². The Kier molecular flexibility index (Phi) is 5.61. The van der Waals surface area contributed by atoms with Crippen molar-refractivity contribution in [1.29, 1.82) is 0 Å². The van der Waals surface area contributed by atoms with Crippen LogP contribution in [0, 0.1) is 0 Å². The summed E-state index contributed by atoms with van der Waals surface area (Å²) >= 11 is 5.00. The smallest absolute Gasteiger partial charge is 0.208 e. The maximum absolute atomic E-state index is 12.4. The summed E-state index contributed by atoms with van der Waals surface area (Å²) < 4.78 is 0.992. The quantitative estimate of drug-likeness (QED) is 0.420. The summed E-state index contributed by atoms with van der Waals surface area (Å²) in [6.45, 7) is 1.57. The van der Waals surface area contributed by atoms with Crippen LogP contribution in [0.25, 0.3) is 0 Å². The molecule has 2 aliphatic heterocycles. The third-order valence-corrected chi connectivity index (χ3v) is 7.47. The maximum atomic E-state index is 12.4. The Hall–Kier alpha value is -2.90. The average molecular weight is 505 g/mol. The van der Waals surface area contributed by atoms with Crippen LogP contribution in [0.4, 0.5) is 11.4 Å². The van der Waals surface area contributed by atoms with Gasteiger partial charge in [-0.3, -0.25) is 4.79 Å². The Balaban J connectivity index is 1.67. The van der Waals surface area contributed by atoms with E-state index in [1.807, 2.05) is 82.8 Å². The lowest BCUT2D eigenvalue weighted by atomic mass is 10.0. The molecule has 3 aromatic rings. The number of Topliss-reactive ketones (excluding diaryl/α,β-unsaturated/α-hetero) is 1. The highest BCUT2D eigenvalue weighted by atomic mass is 79.9. The molecular weight excluding hydrogens is 484 g/mol. The highest BCUT2D eigenvalue weighted by Crippen LogP contribution is 2.50. The van der Waals surface area contributed by atoms with E-state index in [1.165, 1.54) is 11.8 Å². The van der Waals surface area contributed by atoms with Gasteiger partial charge in [0.1, 0.15) is 0 Å². The van der Waals surface area contributed by atoms with Crippen molar-refractivity contribution in [2.75, 3.05) is 10.0 Å². The molecule has 0 radical (unpaired) electrons. The number of nitrogens with zero attached hydrogens (tertiary/aromatic N) is 4. The highest BCUT2D eigenvalue weighted by Gasteiger charge is 2.52. The Morgan fingerprint density at radius 2 is 1.47 bits per heavy atom.